The summed E-state index contributed by atoms with van der Waals surface area (Å²) in [4.78, 5) is 1.53. The normalized spacial score (nSPS) is 12.3. The summed E-state index contributed by atoms with van der Waals surface area (Å²) in [6.45, 7) is 4.95. The van der Waals surface area contributed by atoms with E-state index in [0.29, 0.717) is 0 Å². The topological polar surface area (TPSA) is 22.9 Å². The van der Waals surface area contributed by atoms with Crippen LogP contribution in [-0.2, 0) is 6.54 Å². The number of hydrogen-bond donors (Lipinski definition) is 1. The Labute approximate surface area is 151 Å². The van der Waals surface area contributed by atoms with Crippen LogP contribution in [0.5, 0.6) is 11.5 Å². The largest absolute Gasteiger partial charge is 0.493 e. The molecule has 0 saturated heterocycles. The van der Waals surface area contributed by atoms with Gasteiger partial charge in [0.2, 0.25) is 0 Å². The van der Waals surface area contributed by atoms with Crippen LogP contribution in [0.3, 0.4) is 0 Å². The molecule has 3 nitrogen and oxygen atoms in total. The van der Waals surface area contributed by atoms with Gasteiger partial charge in [-0.2, -0.15) is 0 Å². The highest BCUT2D eigenvalue weighted by atomic mass is 16.5. The molecule has 0 radical (unpaired) electrons. The average molecular weight is 340 g/mol. The van der Waals surface area contributed by atoms with Crippen LogP contribution in [0.15, 0.2) is 54.6 Å². The number of methoxy groups -OCH3 is 1. The third-order valence-corrected chi connectivity index (χ3v) is 4.15. The molecular formula is C22H30NO2+. The van der Waals surface area contributed by atoms with Crippen molar-refractivity contribution in [1.29, 1.82) is 0 Å². The molecule has 2 rings (SSSR count). The highest BCUT2D eigenvalue weighted by Gasteiger charge is 2.06. The van der Waals surface area contributed by atoms with Crippen LogP contribution in [-0.4, -0.2) is 27.3 Å². The van der Waals surface area contributed by atoms with Crippen molar-refractivity contribution in [2.45, 2.75) is 26.3 Å². The lowest BCUT2D eigenvalue weighted by atomic mass is 10.2. The van der Waals surface area contributed by atoms with E-state index in [2.05, 4.69) is 49.5 Å². The quantitative estimate of drug-likeness (QED) is 0.668. The Morgan fingerprint density at radius 1 is 1.00 bits per heavy atom. The summed E-state index contributed by atoms with van der Waals surface area (Å²) in [7, 11) is 3.93. The van der Waals surface area contributed by atoms with E-state index in [1.807, 2.05) is 25.1 Å². The molecule has 2 aromatic rings. The lowest BCUT2D eigenvalue weighted by Gasteiger charge is -2.15. The van der Waals surface area contributed by atoms with Gasteiger partial charge in [0, 0.05) is 5.56 Å². The lowest BCUT2D eigenvalue weighted by Crippen LogP contribution is -3.07. The van der Waals surface area contributed by atoms with Gasteiger partial charge in [0.05, 0.1) is 27.3 Å². The molecule has 0 aliphatic rings. The first-order chi connectivity index (χ1) is 12.2. The van der Waals surface area contributed by atoms with Gasteiger partial charge < -0.3 is 14.4 Å². The third kappa shape index (κ3) is 6.63. The van der Waals surface area contributed by atoms with Crippen LogP contribution in [0, 0.1) is 0 Å². The van der Waals surface area contributed by atoms with Gasteiger partial charge in [0.25, 0.3) is 0 Å². The molecular weight excluding hydrogens is 310 g/mol. The highest BCUT2D eigenvalue weighted by molar-refractivity contribution is 5.55. The monoisotopic (exact) mass is 340 g/mol. The second kappa shape index (κ2) is 10.6. The van der Waals surface area contributed by atoms with Crippen LogP contribution in [0.1, 0.15) is 30.9 Å². The molecule has 2 aromatic carbocycles. The number of hydrogen-bond acceptors (Lipinski definition) is 2. The molecule has 1 N–H and O–H groups in total. The van der Waals surface area contributed by atoms with Crippen LogP contribution < -0.4 is 14.4 Å². The summed E-state index contributed by atoms with van der Waals surface area (Å²) in [5, 5.41) is 0. The summed E-state index contributed by atoms with van der Waals surface area (Å²) < 4.78 is 11.3. The van der Waals surface area contributed by atoms with Crippen molar-refractivity contribution >= 4 is 6.08 Å². The molecule has 0 amide bonds. The summed E-state index contributed by atoms with van der Waals surface area (Å²) >= 11 is 0. The van der Waals surface area contributed by atoms with Crippen molar-refractivity contribution in [3.05, 3.63) is 65.7 Å². The molecule has 3 heteroatoms. The van der Waals surface area contributed by atoms with E-state index in [9.17, 15) is 0 Å². The third-order valence-electron chi connectivity index (χ3n) is 4.15. The number of nitrogens with one attached hydrogen (secondary N) is 1. The molecule has 0 spiro atoms. The van der Waals surface area contributed by atoms with Crippen molar-refractivity contribution < 1.29 is 14.4 Å². The minimum absolute atomic E-state index is 0.720. The standard InChI is InChI=1S/C22H29NO2/c1-4-10-19-13-14-21(22(17-19)24-3)25-16-9-8-15-23(2)18-20-11-6-5-7-12-20/h4-7,10-14,17H,8-9,15-16,18H2,1-3H3/p+1/b10-4+. The van der Waals surface area contributed by atoms with Gasteiger partial charge in [-0.05, 0) is 37.5 Å². The zero-order valence-electron chi connectivity index (χ0n) is 15.6. The van der Waals surface area contributed by atoms with Gasteiger partial charge in [-0.25, -0.2) is 0 Å². The Hall–Kier alpha value is -2.26. The lowest BCUT2D eigenvalue weighted by molar-refractivity contribution is -0.894. The van der Waals surface area contributed by atoms with Gasteiger partial charge >= 0.3 is 0 Å². The number of unbranched alkanes of at least 4 members (excludes halogenated alkanes) is 1. The second-order valence-electron chi connectivity index (χ2n) is 6.34. The highest BCUT2D eigenvalue weighted by Crippen LogP contribution is 2.28. The molecule has 0 saturated carbocycles. The van der Waals surface area contributed by atoms with E-state index in [0.717, 1.165) is 49.6 Å². The Morgan fingerprint density at radius 2 is 1.80 bits per heavy atom. The maximum atomic E-state index is 5.90. The summed E-state index contributed by atoms with van der Waals surface area (Å²) in [6.07, 6.45) is 6.27. The number of ether oxygens (including phenoxy) is 2. The molecule has 0 aliphatic carbocycles. The SMILES string of the molecule is C/C=C/c1ccc(OCCCC[NH+](C)Cc2ccccc2)c(OC)c1. The van der Waals surface area contributed by atoms with Gasteiger partial charge in [-0.3, -0.25) is 0 Å². The minimum atomic E-state index is 0.720. The predicted octanol–water partition coefficient (Wildman–Crippen LogP) is 3.60. The van der Waals surface area contributed by atoms with E-state index in [1.54, 1.807) is 7.11 Å². The number of benzene rings is 2. The fourth-order valence-corrected chi connectivity index (χ4v) is 2.84. The molecule has 0 bridgehead atoms. The Balaban J connectivity index is 1.70. The Bertz CT molecular complexity index is 652. The van der Waals surface area contributed by atoms with Crippen LogP contribution in [0.2, 0.25) is 0 Å². The van der Waals surface area contributed by atoms with Crippen LogP contribution >= 0.6 is 0 Å². The molecule has 0 aromatic heterocycles. The van der Waals surface area contributed by atoms with E-state index >= 15 is 0 Å². The van der Waals surface area contributed by atoms with E-state index in [4.69, 9.17) is 9.47 Å². The molecule has 25 heavy (non-hydrogen) atoms. The predicted molar refractivity (Wildman–Crippen MR) is 104 cm³/mol. The fourth-order valence-electron chi connectivity index (χ4n) is 2.84. The zero-order valence-corrected chi connectivity index (χ0v) is 15.6. The first-order valence-corrected chi connectivity index (χ1v) is 9.01. The molecule has 1 unspecified atom stereocenters. The van der Waals surface area contributed by atoms with Crippen molar-refractivity contribution in [2.75, 3.05) is 27.3 Å². The number of rotatable bonds is 10. The van der Waals surface area contributed by atoms with Crippen molar-refractivity contribution in [2.24, 2.45) is 0 Å². The van der Waals surface area contributed by atoms with Crippen molar-refractivity contribution in [3.63, 3.8) is 0 Å². The molecule has 0 heterocycles. The zero-order chi connectivity index (χ0) is 17.9. The summed E-state index contributed by atoms with van der Waals surface area (Å²) in [5.74, 6) is 1.61. The van der Waals surface area contributed by atoms with E-state index in [-0.39, 0.29) is 0 Å². The van der Waals surface area contributed by atoms with Gasteiger partial charge in [-0.1, -0.05) is 48.6 Å². The van der Waals surface area contributed by atoms with Crippen LogP contribution in [0.25, 0.3) is 6.08 Å². The first kappa shape index (κ1) is 19.1. The maximum Gasteiger partial charge on any atom is 0.161 e. The molecule has 134 valence electrons. The fraction of sp³-hybridized carbons (Fsp3) is 0.364. The molecule has 0 fully saturated rings. The first-order valence-electron chi connectivity index (χ1n) is 9.01. The second-order valence-corrected chi connectivity index (χ2v) is 6.34. The number of quaternary nitrogens is 1. The average Bonchev–Trinajstić information content (AvgIpc) is 2.63. The Morgan fingerprint density at radius 3 is 2.52 bits per heavy atom. The van der Waals surface area contributed by atoms with Crippen molar-refractivity contribution in [3.8, 4) is 11.5 Å². The van der Waals surface area contributed by atoms with Crippen molar-refractivity contribution in [1.82, 2.24) is 0 Å². The smallest absolute Gasteiger partial charge is 0.161 e. The van der Waals surface area contributed by atoms with Crippen LogP contribution in [0.4, 0.5) is 0 Å². The summed E-state index contributed by atoms with van der Waals surface area (Å²) in [5.41, 5.74) is 2.51. The molecule has 0 aliphatic heterocycles. The van der Waals surface area contributed by atoms with E-state index < -0.39 is 0 Å². The van der Waals surface area contributed by atoms with E-state index in [1.165, 1.54) is 10.5 Å². The summed E-state index contributed by atoms with van der Waals surface area (Å²) in [6, 6.07) is 16.7. The minimum Gasteiger partial charge on any atom is -0.493 e. The maximum absolute atomic E-state index is 5.90. The van der Waals surface area contributed by atoms with Gasteiger partial charge in [0.15, 0.2) is 11.5 Å². The number of allylic oxidation sites excluding steroid dienone is 1. The van der Waals surface area contributed by atoms with Gasteiger partial charge in [0.1, 0.15) is 6.54 Å². The Kier molecular flexibility index (Phi) is 8.06. The molecule has 1 atom stereocenters. The van der Waals surface area contributed by atoms with Gasteiger partial charge in [-0.15, -0.1) is 0 Å².